The zero-order chi connectivity index (χ0) is 21.1. The second-order valence-corrected chi connectivity index (χ2v) is 8.97. The SMILES string of the molecule is Cc1c(F)cc(C(=O)NCC(F)(F)F)cc1NC(=O)CS(=O)(=O)C1CCCC1. The highest BCUT2D eigenvalue weighted by Gasteiger charge is 2.31. The van der Waals surface area contributed by atoms with Gasteiger partial charge in [-0.2, -0.15) is 13.2 Å². The van der Waals surface area contributed by atoms with Gasteiger partial charge in [0, 0.05) is 16.8 Å². The van der Waals surface area contributed by atoms with Gasteiger partial charge in [0.25, 0.3) is 5.91 Å². The molecule has 0 aliphatic heterocycles. The smallest absolute Gasteiger partial charge is 0.343 e. The molecular weight excluding hydrogens is 404 g/mol. The van der Waals surface area contributed by atoms with Gasteiger partial charge in [0.2, 0.25) is 5.91 Å². The van der Waals surface area contributed by atoms with Crippen LogP contribution in [-0.2, 0) is 14.6 Å². The normalized spacial score (nSPS) is 15.5. The van der Waals surface area contributed by atoms with Crippen molar-refractivity contribution in [1.82, 2.24) is 5.32 Å². The number of sulfone groups is 1. The average molecular weight is 424 g/mol. The Morgan fingerprint density at radius 1 is 1.18 bits per heavy atom. The van der Waals surface area contributed by atoms with Crippen molar-refractivity contribution in [1.29, 1.82) is 0 Å². The van der Waals surface area contributed by atoms with Crippen LogP contribution in [0.25, 0.3) is 0 Å². The van der Waals surface area contributed by atoms with Gasteiger partial charge in [0.05, 0.1) is 5.25 Å². The summed E-state index contributed by atoms with van der Waals surface area (Å²) in [5, 5.41) is 3.25. The molecule has 0 aromatic heterocycles. The lowest BCUT2D eigenvalue weighted by molar-refractivity contribution is -0.123. The van der Waals surface area contributed by atoms with Crippen LogP contribution in [0.2, 0.25) is 0 Å². The lowest BCUT2D eigenvalue weighted by atomic mass is 10.1. The van der Waals surface area contributed by atoms with Crippen LogP contribution in [0.5, 0.6) is 0 Å². The number of amides is 2. The number of hydrogen-bond acceptors (Lipinski definition) is 4. The lowest BCUT2D eigenvalue weighted by Crippen LogP contribution is -2.34. The number of benzene rings is 1. The third kappa shape index (κ3) is 5.91. The zero-order valence-corrected chi connectivity index (χ0v) is 15.8. The molecule has 2 N–H and O–H groups in total. The van der Waals surface area contributed by atoms with E-state index < -0.39 is 56.8 Å². The number of nitrogens with one attached hydrogen (secondary N) is 2. The summed E-state index contributed by atoms with van der Waals surface area (Å²) in [4.78, 5) is 23.9. The summed E-state index contributed by atoms with van der Waals surface area (Å²) in [6, 6.07) is 1.75. The first kappa shape index (κ1) is 22.1. The van der Waals surface area contributed by atoms with Crippen molar-refractivity contribution < 1.29 is 35.6 Å². The largest absolute Gasteiger partial charge is 0.405 e. The van der Waals surface area contributed by atoms with E-state index >= 15 is 0 Å². The number of alkyl halides is 3. The van der Waals surface area contributed by atoms with E-state index in [9.17, 15) is 35.6 Å². The molecule has 0 unspecified atom stereocenters. The van der Waals surface area contributed by atoms with Crippen LogP contribution in [-0.4, -0.2) is 44.0 Å². The van der Waals surface area contributed by atoms with Gasteiger partial charge >= 0.3 is 6.18 Å². The highest BCUT2D eigenvalue weighted by atomic mass is 32.2. The van der Waals surface area contributed by atoms with Crippen LogP contribution in [0.15, 0.2) is 12.1 Å². The van der Waals surface area contributed by atoms with Gasteiger partial charge in [-0.25, -0.2) is 12.8 Å². The molecule has 0 atom stereocenters. The van der Waals surface area contributed by atoms with Crippen molar-refractivity contribution >= 4 is 27.3 Å². The van der Waals surface area contributed by atoms with Crippen molar-refractivity contribution in [2.24, 2.45) is 0 Å². The monoisotopic (exact) mass is 424 g/mol. The Morgan fingerprint density at radius 3 is 2.36 bits per heavy atom. The standard InChI is InChI=1S/C17H20F4N2O4S/c1-10-13(18)6-11(16(25)22-9-17(19,20)21)7-14(10)23-15(24)8-28(26,27)12-4-2-3-5-12/h6-7,12H,2-5,8-9H2,1H3,(H,22,25)(H,23,24). The number of halogens is 4. The van der Waals surface area contributed by atoms with E-state index in [0.29, 0.717) is 12.8 Å². The van der Waals surface area contributed by atoms with Crippen molar-refractivity contribution in [2.75, 3.05) is 17.6 Å². The van der Waals surface area contributed by atoms with Gasteiger partial charge in [0.15, 0.2) is 9.84 Å². The van der Waals surface area contributed by atoms with Gasteiger partial charge < -0.3 is 10.6 Å². The summed E-state index contributed by atoms with van der Waals surface area (Å²) in [6.45, 7) is -0.309. The van der Waals surface area contributed by atoms with E-state index in [1.165, 1.54) is 6.92 Å². The molecule has 156 valence electrons. The fraction of sp³-hybridized carbons (Fsp3) is 0.529. The van der Waals surface area contributed by atoms with Gasteiger partial charge in [-0.3, -0.25) is 9.59 Å². The van der Waals surface area contributed by atoms with Crippen molar-refractivity contribution in [3.63, 3.8) is 0 Å². The zero-order valence-electron chi connectivity index (χ0n) is 15.0. The quantitative estimate of drug-likeness (QED) is 0.687. The second kappa shape index (κ2) is 8.46. The molecule has 0 bridgehead atoms. The molecule has 0 spiro atoms. The Labute approximate surface area is 159 Å². The van der Waals surface area contributed by atoms with Crippen molar-refractivity contribution in [3.8, 4) is 0 Å². The maximum Gasteiger partial charge on any atom is 0.405 e. The molecule has 1 saturated carbocycles. The van der Waals surface area contributed by atoms with Crippen LogP contribution < -0.4 is 10.6 Å². The van der Waals surface area contributed by atoms with Crippen LogP contribution >= 0.6 is 0 Å². The Bertz CT molecular complexity index is 863. The Hall–Kier alpha value is -2.17. The van der Waals surface area contributed by atoms with Gasteiger partial charge in [-0.1, -0.05) is 12.8 Å². The van der Waals surface area contributed by atoms with E-state index in [1.54, 1.807) is 5.32 Å². The van der Waals surface area contributed by atoms with Crippen LogP contribution in [0.1, 0.15) is 41.6 Å². The van der Waals surface area contributed by atoms with E-state index in [1.807, 2.05) is 0 Å². The van der Waals surface area contributed by atoms with Gasteiger partial charge in [0.1, 0.15) is 18.1 Å². The predicted molar refractivity (Wildman–Crippen MR) is 94.2 cm³/mol. The fourth-order valence-electron chi connectivity index (χ4n) is 2.96. The fourth-order valence-corrected chi connectivity index (χ4v) is 4.68. The van der Waals surface area contributed by atoms with E-state index in [4.69, 9.17) is 0 Å². The first-order valence-electron chi connectivity index (χ1n) is 8.55. The minimum absolute atomic E-state index is 0.0704. The molecule has 0 saturated heterocycles. The van der Waals surface area contributed by atoms with E-state index in [0.717, 1.165) is 25.0 Å². The molecule has 6 nitrogen and oxygen atoms in total. The Balaban J connectivity index is 2.13. The molecule has 28 heavy (non-hydrogen) atoms. The molecule has 1 aromatic carbocycles. The highest BCUT2D eigenvalue weighted by Crippen LogP contribution is 2.26. The molecule has 1 aromatic rings. The number of rotatable bonds is 6. The van der Waals surface area contributed by atoms with Crippen LogP contribution in [0.4, 0.5) is 23.2 Å². The molecular formula is C17H20F4N2O4S. The number of carbonyl (C=O) groups excluding carboxylic acids is 2. The molecule has 2 rings (SSSR count). The number of carbonyl (C=O) groups is 2. The van der Waals surface area contributed by atoms with Crippen LogP contribution in [0.3, 0.4) is 0 Å². The molecule has 2 amide bonds. The number of hydrogen-bond donors (Lipinski definition) is 2. The Kier molecular flexibility index (Phi) is 6.68. The average Bonchev–Trinajstić information content (AvgIpc) is 3.11. The summed E-state index contributed by atoms with van der Waals surface area (Å²) in [6.07, 6.45) is -2.13. The third-order valence-corrected chi connectivity index (χ3v) is 6.62. The first-order chi connectivity index (χ1) is 12.9. The van der Waals surface area contributed by atoms with E-state index in [-0.39, 0.29) is 11.3 Å². The molecule has 1 aliphatic carbocycles. The highest BCUT2D eigenvalue weighted by molar-refractivity contribution is 7.92. The van der Waals surface area contributed by atoms with E-state index in [2.05, 4.69) is 5.32 Å². The minimum Gasteiger partial charge on any atom is -0.343 e. The first-order valence-corrected chi connectivity index (χ1v) is 10.3. The summed E-state index contributed by atoms with van der Waals surface area (Å²) < 4.78 is 75.1. The van der Waals surface area contributed by atoms with Crippen molar-refractivity contribution in [2.45, 2.75) is 44.0 Å². The summed E-state index contributed by atoms with van der Waals surface area (Å²) in [5.74, 6) is -3.79. The summed E-state index contributed by atoms with van der Waals surface area (Å²) in [7, 11) is -3.66. The second-order valence-electron chi connectivity index (χ2n) is 6.69. The van der Waals surface area contributed by atoms with Crippen molar-refractivity contribution in [3.05, 3.63) is 29.1 Å². The topological polar surface area (TPSA) is 92.3 Å². The van der Waals surface area contributed by atoms with Gasteiger partial charge in [-0.05, 0) is 31.9 Å². The summed E-state index contributed by atoms with van der Waals surface area (Å²) >= 11 is 0. The minimum atomic E-state index is -4.63. The molecule has 0 radical (unpaired) electrons. The van der Waals surface area contributed by atoms with Crippen LogP contribution in [0, 0.1) is 12.7 Å². The number of anilines is 1. The molecule has 1 fully saturated rings. The molecule has 0 heterocycles. The third-order valence-electron chi connectivity index (χ3n) is 4.47. The maximum atomic E-state index is 14.0. The predicted octanol–water partition coefficient (Wildman–Crippen LogP) is 2.72. The summed E-state index contributed by atoms with van der Waals surface area (Å²) in [5.41, 5.74) is -0.677. The van der Waals surface area contributed by atoms with Gasteiger partial charge in [-0.15, -0.1) is 0 Å². The molecule has 11 heteroatoms. The Morgan fingerprint density at radius 2 is 1.79 bits per heavy atom. The lowest BCUT2D eigenvalue weighted by Gasteiger charge is -2.14. The maximum absolute atomic E-state index is 14.0. The molecule has 1 aliphatic rings.